The van der Waals surface area contributed by atoms with Gasteiger partial charge in [0, 0.05) is 11.1 Å². The van der Waals surface area contributed by atoms with Gasteiger partial charge in [0.2, 0.25) is 0 Å². The number of aromatic nitrogens is 3. The molecule has 19 nitrogen and oxygen atoms in total. The largest absolute Gasteiger partial charge is 0.460 e. The molecule has 19 heteroatoms. The topological polar surface area (TPSA) is 244 Å². The second kappa shape index (κ2) is 21.1. The van der Waals surface area contributed by atoms with Crippen molar-refractivity contribution in [3.05, 3.63) is 127 Å². The van der Waals surface area contributed by atoms with E-state index in [0.29, 0.717) is 13.7 Å². The zero-order valence-corrected chi connectivity index (χ0v) is 30.5. The van der Waals surface area contributed by atoms with E-state index >= 15 is 0 Å². The molecule has 0 aliphatic rings. The smallest absolute Gasteiger partial charge is 0.339 e. The van der Waals surface area contributed by atoms with E-state index in [9.17, 15) is 48.3 Å². The van der Waals surface area contributed by atoms with Crippen molar-refractivity contribution in [1.29, 1.82) is 0 Å². The first kappa shape index (κ1) is 43.5. The minimum absolute atomic E-state index is 0.151. The summed E-state index contributed by atoms with van der Waals surface area (Å²) in [6.07, 6.45) is 0. The summed E-state index contributed by atoms with van der Waals surface area (Å²) in [6.45, 7) is 5.08. The lowest BCUT2D eigenvalue weighted by Gasteiger charge is -2.14. The predicted octanol–water partition coefficient (Wildman–Crippen LogP) is 0.430. The number of nitrogens with zero attached hydrogens (tertiary/aromatic N) is 3. The Morgan fingerprint density at radius 1 is 0.482 bits per heavy atom. The van der Waals surface area contributed by atoms with Crippen molar-refractivity contribution in [1.82, 2.24) is 13.7 Å². The number of ether oxygens (including phenoxy) is 6. The van der Waals surface area contributed by atoms with Crippen LogP contribution in [0.25, 0.3) is 0 Å². The maximum atomic E-state index is 13.3. The van der Waals surface area contributed by atoms with Gasteiger partial charge >= 0.3 is 52.9 Å². The van der Waals surface area contributed by atoms with Crippen LogP contribution < -0.4 is 17.1 Å². The van der Waals surface area contributed by atoms with Crippen LogP contribution in [0.5, 0.6) is 0 Å². The molecule has 3 aromatic rings. The van der Waals surface area contributed by atoms with E-state index in [-0.39, 0.29) is 59.8 Å². The Morgan fingerprint density at radius 2 is 0.750 bits per heavy atom. The van der Waals surface area contributed by atoms with E-state index in [2.05, 4.69) is 13.2 Å². The maximum Gasteiger partial charge on any atom is 0.339 e. The normalized spacial score (nSPS) is 10.5. The summed E-state index contributed by atoms with van der Waals surface area (Å²) in [4.78, 5) is 114. The molecule has 0 fully saturated rings. The van der Waals surface area contributed by atoms with Crippen molar-refractivity contribution >= 4 is 35.8 Å². The van der Waals surface area contributed by atoms with E-state index in [1.807, 2.05) is 0 Å². The highest BCUT2D eigenvalue weighted by Gasteiger charge is 2.22. The molecule has 0 saturated heterocycles. The fraction of sp³-hybridized carbons (Fsp3) is 0.324. The Bertz CT molecular complexity index is 2030. The molecule has 0 radical (unpaired) electrons. The summed E-state index contributed by atoms with van der Waals surface area (Å²) in [5.41, 5.74) is -3.91. The van der Waals surface area contributed by atoms with Crippen LogP contribution in [-0.2, 0) is 57.6 Å². The highest BCUT2D eigenvalue weighted by Crippen LogP contribution is 2.14. The predicted molar refractivity (Wildman–Crippen MR) is 192 cm³/mol. The number of rotatable bonds is 20. The van der Waals surface area contributed by atoms with Crippen LogP contribution in [0.3, 0.4) is 0 Å². The molecule has 0 aliphatic carbocycles. The van der Waals surface area contributed by atoms with E-state index in [1.54, 1.807) is 0 Å². The van der Waals surface area contributed by atoms with E-state index < -0.39 is 92.3 Å². The molecule has 2 aromatic carbocycles. The summed E-state index contributed by atoms with van der Waals surface area (Å²) in [6, 6.07) is 10.9. The fourth-order valence-corrected chi connectivity index (χ4v) is 4.59. The van der Waals surface area contributed by atoms with Crippen LogP contribution in [0.15, 0.2) is 87.2 Å². The van der Waals surface area contributed by atoms with Gasteiger partial charge < -0.3 is 33.5 Å². The van der Waals surface area contributed by atoms with Gasteiger partial charge in [-0.1, -0.05) is 37.4 Å². The van der Waals surface area contributed by atoms with Gasteiger partial charge in [0.05, 0.1) is 48.5 Å². The molecule has 3 rings (SSSR count). The molecule has 0 spiro atoms. The third-order valence-electron chi connectivity index (χ3n) is 7.34. The lowest BCUT2D eigenvalue weighted by molar-refractivity contribution is -0.140. The van der Waals surface area contributed by atoms with Crippen LogP contribution in [-0.4, -0.2) is 101 Å². The Hall–Kier alpha value is -6.89. The zero-order chi connectivity index (χ0) is 41.4. The lowest BCUT2D eigenvalue weighted by Crippen LogP contribution is -2.55. The van der Waals surface area contributed by atoms with Crippen LogP contribution in [0, 0.1) is 0 Å². The van der Waals surface area contributed by atoms with Crippen molar-refractivity contribution in [3.8, 4) is 0 Å². The number of carbonyl (C=O) groups is 6. The molecule has 298 valence electrons. The summed E-state index contributed by atoms with van der Waals surface area (Å²) < 4.78 is 32.0. The van der Waals surface area contributed by atoms with E-state index in [1.165, 1.54) is 62.4 Å². The number of carbonyl (C=O) groups excluding carboxylic acids is 6. The van der Waals surface area contributed by atoms with E-state index in [0.717, 1.165) is 0 Å². The molecule has 0 aliphatic heterocycles. The van der Waals surface area contributed by atoms with Crippen molar-refractivity contribution < 1.29 is 62.3 Å². The second-order valence-corrected chi connectivity index (χ2v) is 11.5. The average molecular weight is 782 g/mol. The Kier molecular flexibility index (Phi) is 16.4. The third-order valence-corrected chi connectivity index (χ3v) is 7.34. The SMILES string of the molecule is C=C(C)C(=O)OCCOC(=O)c1ccccc1C(=O)OCCn1c(=O)n(CCO)c(=O)n(CCOC(=O)c2ccccc2C(=O)OCCOC(=O)C(=C)C)c1=O. The first-order valence-electron chi connectivity index (χ1n) is 16.8. The van der Waals surface area contributed by atoms with Crippen LogP contribution >= 0.6 is 0 Å². The van der Waals surface area contributed by atoms with Crippen molar-refractivity contribution in [2.45, 2.75) is 33.5 Å². The highest BCUT2D eigenvalue weighted by atomic mass is 16.6. The molecule has 0 saturated carbocycles. The number of benzene rings is 2. The summed E-state index contributed by atoms with van der Waals surface area (Å²) in [5.74, 6) is -5.26. The summed E-state index contributed by atoms with van der Waals surface area (Å²) in [5, 5.41) is 9.48. The van der Waals surface area contributed by atoms with Crippen LogP contribution in [0.1, 0.15) is 55.3 Å². The monoisotopic (exact) mass is 781 g/mol. The van der Waals surface area contributed by atoms with Gasteiger partial charge in [-0.3, -0.25) is 0 Å². The number of esters is 6. The highest BCUT2D eigenvalue weighted by molar-refractivity contribution is 6.04. The minimum Gasteiger partial charge on any atom is -0.460 e. The molecule has 0 bridgehead atoms. The lowest BCUT2D eigenvalue weighted by atomic mass is 10.1. The molecule has 0 atom stereocenters. The average Bonchev–Trinajstić information content (AvgIpc) is 3.18. The van der Waals surface area contributed by atoms with Gasteiger partial charge in [-0.2, -0.15) is 0 Å². The zero-order valence-electron chi connectivity index (χ0n) is 30.5. The van der Waals surface area contributed by atoms with E-state index in [4.69, 9.17) is 28.4 Å². The first-order chi connectivity index (χ1) is 26.7. The third kappa shape index (κ3) is 11.8. The van der Waals surface area contributed by atoms with Crippen molar-refractivity contribution in [3.63, 3.8) is 0 Å². The number of hydrogen-bond donors (Lipinski definition) is 1. The second-order valence-electron chi connectivity index (χ2n) is 11.5. The molecule has 0 unspecified atom stereocenters. The molecule has 1 heterocycles. The van der Waals surface area contributed by atoms with Gasteiger partial charge in [0.15, 0.2) is 0 Å². The Balaban J connectivity index is 1.68. The van der Waals surface area contributed by atoms with Gasteiger partial charge in [-0.05, 0) is 38.1 Å². The molecular weight excluding hydrogens is 742 g/mol. The summed E-state index contributed by atoms with van der Waals surface area (Å²) >= 11 is 0. The van der Waals surface area contributed by atoms with Gasteiger partial charge in [-0.25, -0.2) is 56.9 Å². The Labute approximate surface area is 317 Å². The number of aliphatic hydroxyl groups excluding tert-OH is 1. The van der Waals surface area contributed by atoms with Crippen molar-refractivity contribution in [2.75, 3.05) is 46.2 Å². The standard InChI is InChI=1S/C37H39N3O16/c1-23(2)29(42)53-19-21-55-33(46)27-11-7-5-9-25(27)31(44)51-17-14-39-35(48)38(13-16-41)36(49)40(37(39)50)15-18-52-32(45)26-10-6-8-12-28(26)34(47)56-22-20-54-30(43)24(3)4/h5-12,41H,1,3,13-22H2,2,4H3. The maximum absolute atomic E-state index is 13.3. The summed E-state index contributed by atoms with van der Waals surface area (Å²) in [7, 11) is 0. The van der Waals surface area contributed by atoms with Gasteiger partial charge in [0.25, 0.3) is 0 Å². The van der Waals surface area contributed by atoms with Gasteiger partial charge in [-0.15, -0.1) is 0 Å². The first-order valence-corrected chi connectivity index (χ1v) is 16.8. The van der Waals surface area contributed by atoms with Gasteiger partial charge in [0.1, 0.15) is 39.6 Å². The molecule has 1 aromatic heterocycles. The molecule has 0 amide bonds. The molecule has 1 N–H and O–H groups in total. The minimum atomic E-state index is -1.16. The number of aliphatic hydroxyl groups is 1. The fourth-order valence-electron chi connectivity index (χ4n) is 4.59. The van der Waals surface area contributed by atoms with Crippen LogP contribution in [0.2, 0.25) is 0 Å². The number of hydrogen-bond acceptors (Lipinski definition) is 16. The molecule has 56 heavy (non-hydrogen) atoms. The quantitative estimate of drug-likeness (QED) is 0.0707. The Morgan fingerprint density at radius 3 is 1.04 bits per heavy atom. The van der Waals surface area contributed by atoms with Crippen LogP contribution in [0.4, 0.5) is 0 Å². The van der Waals surface area contributed by atoms with Crippen molar-refractivity contribution in [2.24, 2.45) is 0 Å². The molecular formula is C37H39N3O16.